The van der Waals surface area contributed by atoms with E-state index in [1.165, 1.54) is 12.1 Å². The van der Waals surface area contributed by atoms with Crippen LogP contribution in [0.5, 0.6) is 0 Å². The Balaban J connectivity index is 1.43. The number of likely N-dealkylation sites (tertiary alicyclic amines) is 1. The van der Waals surface area contributed by atoms with E-state index in [0.717, 1.165) is 42.3 Å². The third kappa shape index (κ3) is 5.77. The van der Waals surface area contributed by atoms with Gasteiger partial charge in [0.25, 0.3) is 5.91 Å². The number of ether oxygens (including phenoxy) is 1. The number of nitrogens with zero attached hydrogens (tertiary/aromatic N) is 5. The molecule has 0 saturated carbocycles. The number of nitrogen functional groups attached to an aromatic ring is 1. The number of rotatable bonds is 7. The van der Waals surface area contributed by atoms with Gasteiger partial charge >= 0.3 is 6.18 Å². The predicted octanol–water partition coefficient (Wildman–Crippen LogP) is 4.59. The van der Waals surface area contributed by atoms with Crippen LogP contribution >= 0.6 is 0 Å². The van der Waals surface area contributed by atoms with Gasteiger partial charge in [0.2, 0.25) is 5.91 Å². The number of benzene rings is 1. The number of aromatic nitrogens is 4. The summed E-state index contributed by atoms with van der Waals surface area (Å²) in [5, 5.41) is 8.18. The van der Waals surface area contributed by atoms with Crippen molar-refractivity contribution in [3.63, 3.8) is 0 Å². The second-order valence-corrected chi connectivity index (χ2v) is 10.5. The zero-order valence-electron chi connectivity index (χ0n) is 23.1. The molecule has 2 amide bonds. The van der Waals surface area contributed by atoms with Gasteiger partial charge in [-0.3, -0.25) is 9.59 Å². The Hall–Kier alpha value is -4.52. The molecule has 220 valence electrons. The monoisotopic (exact) mass is 581 g/mol. The van der Waals surface area contributed by atoms with Crippen LogP contribution in [0.1, 0.15) is 47.8 Å². The average Bonchev–Trinajstić information content (AvgIpc) is 3.38. The molecule has 0 aliphatic carbocycles. The number of hydrogen-bond acceptors (Lipinski definition) is 7. The number of carbonyl (C=O) groups is 2. The maximum atomic E-state index is 13.0. The molecule has 1 saturated heterocycles. The topological polar surface area (TPSA) is 128 Å². The number of nitrogens with two attached hydrogens (primary N) is 1. The Morgan fingerprint density at radius 2 is 1.86 bits per heavy atom. The Morgan fingerprint density at radius 3 is 2.57 bits per heavy atom. The molecule has 42 heavy (non-hydrogen) atoms. The van der Waals surface area contributed by atoms with E-state index in [1.807, 2.05) is 11.0 Å². The summed E-state index contributed by atoms with van der Waals surface area (Å²) >= 11 is 0. The van der Waals surface area contributed by atoms with E-state index >= 15 is 0 Å². The molecule has 13 heteroatoms. The first-order chi connectivity index (χ1) is 20.0. The van der Waals surface area contributed by atoms with Gasteiger partial charge in [-0.05, 0) is 55.3 Å². The Morgan fingerprint density at radius 1 is 1.12 bits per heavy atom. The van der Waals surface area contributed by atoms with Gasteiger partial charge in [0.15, 0.2) is 0 Å². The zero-order chi connectivity index (χ0) is 30.1. The van der Waals surface area contributed by atoms with Crippen molar-refractivity contribution in [1.29, 1.82) is 0 Å². The lowest BCUT2D eigenvalue weighted by atomic mass is 9.78. The first-order valence-corrected chi connectivity index (χ1v) is 13.4. The van der Waals surface area contributed by atoms with Gasteiger partial charge < -0.3 is 20.7 Å². The molecule has 3 N–H and O–H groups in total. The number of anilines is 2. The SMILES string of the molecule is COCCC(=O)N1CCCC(C)(c2nn(-c3ccc(C(=O)Nc4cc(C(F)(F)F)ccn4)cc3)c3c(N)nccc23)C1. The van der Waals surface area contributed by atoms with Crippen molar-refractivity contribution in [2.45, 2.75) is 37.8 Å². The average molecular weight is 582 g/mol. The van der Waals surface area contributed by atoms with Crippen LogP contribution in [-0.2, 0) is 21.1 Å². The third-order valence-electron chi connectivity index (χ3n) is 7.46. The first kappa shape index (κ1) is 29.0. The molecular formula is C29H30F3N7O3. The second kappa shape index (κ2) is 11.4. The number of hydrogen-bond donors (Lipinski definition) is 2. The molecule has 4 heterocycles. The summed E-state index contributed by atoms with van der Waals surface area (Å²) in [6, 6.07) is 9.87. The van der Waals surface area contributed by atoms with Gasteiger partial charge in [-0.1, -0.05) is 6.92 Å². The van der Waals surface area contributed by atoms with Crippen LogP contribution in [0.3, 0.4) is 0 Å². The maximum Gasteiger partial charge on any atom is 0.416 e. The second-order valence-electron chi connectivity index (χ2n) is 10.5. The molecule has 1 aliphatic heterocycles. The number of nitrogens with one attached hydrogen (secondary N) is 1. The minimum Gasteiger partial charge on any atom is -0.384 e. The highest BCUT2D eigenvalue weighted by Crippen LogP contribution is 2.39. The summed E-state index contributed by atoms with van der Waals surface area (Å²) in [5.74, 6) is -0.525. The van der Waals surface area contributed by atoms with E-state index in [0.29, 0.717) is 37.3 Å². The predicted molar refractivity (Wildman–Crippen MR) is 150 cm³/mol. The number of pyridine rings is 2. The van der Waals surface area contributed by atoms with Crippen molar-refractivity contribution in [3.8, 4) is 5.69 Å². The molecule has 0 spiro atoms. The number of halogens is 3. The minimum absolute atomic E-state index is 0.0295. The summed E-state index contributed by atoms with van der Waals surface area (Å²) < 4.78 is 45.8. The first-order valence-electron chi connectivity index (χ1n) is 13.4. The summed E-state index contributed by atoms with van der Waals surface area (Å²) in [6.07, 6.45) is -0.00802. The van der Waals surface area contributed by atoms with Crippen molar-refractivity contribution < 1.29 is 27.5 Å². The van der Waals surface area contributed by atoms with E-state index in [4.69, 9.17) is 15.6 Å². The van der Waals surface area contributed by atoms with Gasteiger partial charge in [-0.2, -0.15) is 18.3 Å². The highest BCUT2D eigenvalue weighted by Gasteiger charge is 2.38. The highest BCUT2D eigenvalue weighted by atomic mass is 19.4. The van der Waals surface area contributed by atoms with Crippen LogP contribution < -0.4 is 11.1 Å². The van der Waals surface area contributed by atoms with Gasteiger partial charge in [0, 0.05) is 49.0 Å². The van der Waals surface area contributed by atoms with E-state index in [1.54, 1.807) is 30.1 Å². The molecule has 3 aromatic heterocycles. The fourth-order valence-corrected chi connectivity index (χ4v) is 5.33. The van der Waals surface area contributed by atoms with E-state index in [2.05, 4.69) is 22.2 Å². The van der Waals surface area contributed by atoms with Gasteiger partial charge in [-0.15, -0.1) is 0 Å². The number of fused-ring (bicyclic) bond motifs is 1. The quantitative estimate of drug-likeness (QED) is 0.327. The maximum absolute atomic E-state index is 13.0. The minimum atomic E-state index is -4.56. The molecular weight excluding hydrogens is 551 g/mol. The smallest absolute Gasteiger partial charge is 0.384 e. The molecule has 4 aromatic rings. The van der Waals surface area contributed by atoms with Crippen molar-refractivity contribution in [2.75, 3.05) is 37.9 Å². The summed E-state index contributed by atoms with van der Waals surface area (Å²) in [4.78, 5) is 35.5. The highest BCUT2D eigenvalue weighted by molar-refractivity contribution is 6.04. The molecule has 1 aromatic carbocycles. The van der Waals surface area contributed by atoms with Crippen molar-refractivity contribution in [1.82, 2.24) is 24.6 Å². The number of carbonyl (C=O) groups excluding carboxylic acids is 2. The van der Waals surface area contributed by atoms with Crippen LogP contribution in [0.4, 0.5) is 24.8 Å². The number of methoxy groups -OCH3 is 1. The van der Waals surface area contributed by atoms with Gasteiger partial charge in [0.1, 0.15) is 17.2 Å². The molecule has 1 atom stereocenters. The molecule has 10 nitrogen and oxygen atoms in total. The lowest BCUT2D eigenvalue weighted by Crippen LogP contribution is -2.47. The van der Waals surface area contributed by atoms with Crippen LogP contribution in [0.15, 0.2) is 54.9 Å². The third-order valence-corrected chi connectivity index (χ3v) is 7.46. The summed E-state index contributed by atoms with van der Waals surface area (Å²) in [6.45, 7) is 3.60. The molecule has 1 unspecified atom stereocenters. The van der Waals surface area contributed by atoms with E-state index < -0.39 is 23.1 Å². The van der Waals surface area contributed by atoms with E-state index in [9.17, 15) is 22.8 Å². The van der Waals surface area contributed by atoms with E-state index in [-0.39, 0.29) is 23.1 Å². The Labute approximate surface area is 239 Å². The largest absolute Gasteiger partial charge is 0.416 e. The van der Waals surface area contributed by atoms with Crippen molar-refractivity contribution in [3.05, 3.63) is 71.7 Å². The Bertz CT molecular complexity index is 1620. The fraction of sp³-hybridized carbons (Fsp3) is 0.345. The van der Waals surface area contributed by atoms with Crippen molar-refractivity contribution >= 4 is 34.4 Å². The molecule has 0 bridgehead atoms. The molecule has 1 aliphatic rings. The fourth-order valence-electron chi connectivity index (χ4n) is 5.33. The summed E-state index contributed by atoms with van der Waals surface area (Å²) in [5.41, 5.74) is 7.16. The number of amides is 2. The normalized spacial score (nSPS) is 17.4. The van der Waals surface area contributed by atoms with Gasteiger partial charge in [-0.25, -0.2) is 14.6 Å². The molecule has 1 fully saturated rings. The number of piperidine rings is 1. The lowest BCUT2D eigenvalue weighted by Gasteiger charge is -2.39. The standard InChI is InChI=1S/C29H30F3N7O3/c1-28(11-3-14-38(17-28)23(40)10-15-42-2)25-21-9-13-35-26(33)24(21)39(37-25)20-6-4-18(5-7-20)27(41)36-22-16-19(8-12-34-22)29(30,31)32/h4-9,12-13,16H,3,10-11,14-15,17H2,1-2H3,(H2,33,35)(H,34,36,41). The Kier molecular flexibility index (Phi) is 7.87. The summed E-state index contributed by atoms with van der Waals surface area (Å²) in [7, 11) is 1.57. The van der Waals surface area contributed by atoms with Crippen LogP contribution in [0.25, 0.3) is 16.6 Å². The van der Waals surface area contributed by atoms with Crippen LogP contribution in [0.2, 0.25) is 0 Å². The molecule has 5 rings (SSSR count). The molecule has 0 radical (unpaired) electrons. The lowest BCUT2D eigenvalue weighted by molar-refractivity contribution is -0.137. The van der Waals surface area contributed by atoms with Crippen molar-refractivity contribution in [2.24, 2.45) is 0 Å². The number of alkyl halides is 3. The van der Waals surface area contributed by atoms with Crippen LogP contribution in [0, 0.1) is 0 Å². The van der Waals surface area contributed by atoms with Crippen LogP contribution in [-0.4, -0.2) is 63.3 Å². The van der Waals surface area contributed by atoms with Gasteiger partial charge in [0.05, 0.1) is 30.0 Å². The zero-order valence-corrected chi connectivity index (χ0v) is 23.1.